The van der Waals surface area contributed by atoms with Crippen molar-refractivity contribution < 1.29 is 9.53 Å². The van der Waals surface area contributed by atoms with E-state index in [0.717, 1.165) is 60.4 Å². The van der Waals surface area contributed by atoms with Crippen molar-refractivity contribution in [2.45, 2.75) is 18.6 Å². The second kappa shape index (κ2) is 8.67. The first kappa shape index (κ1) is 18.8. The van der Waals surface area contributed by atoms with Crippen LogP contribution in [0.3, 0.4) is 0 Å². The fourth-order valence-corrected chi connectivity index (χ4v) is 4.25. The Hall–Kier alpha value is -2.51. The van der Waals surface area contributed by atoms with Gasteiger partial charge in [-0.25, -0.2) is 4.98 Å². The SMILES string of the molecule is CCn1c(SCC(=O)Nc2ccc(N3CCOCC3)cc2)nc2ccccc21. The predicted octanol–water partition coefficient (Wildman–Crippen LogP) is 3.62. The zero-order valence-electron chi connectivity index (χ0n) is 15.9. The number of rotatable bonds is 6. The summed E-state index contributed by atoms with van der Waals surface area (Å²) in [5.74, 6) is 0.299. The van der Waals surface area contributed by atoms with Crippen molar-refractivity contribution in [2.75, 3.05) is 42.3 Å². The molecule has 3 aromatic rings. The minimum atomic E-state index is -0.0289. The van der Waals surface area contributed by atoms with Gasteiger partial charge in [0.05, 0.1) is 30.0 Å². The number of nitrogens with zero attached hydrogens (tertiary/aromatic N) is 3. The lowest BCUT2D eigenvalue weighted by atomic mass is 10.2. The summed E-state index contributed by atoms with van der Waals surface area (Å²) in [4.78, 5) is 19.3. The predicted molar refractivity (Wildman–Crippen MR) is 114 cm³/mol. The molecule has 2 heterocycles. The van der Waals surface area contributed by atoms with Crippen LogP contribution in [0.5, 0.6) is 0 Å². The third-order valence-corrected chi connectivity index (χ3v) is 5.77. The number of benzene rings is 2. The topological polar surface area (TPSA) is 59.4 Å². The Labute approximate surface area is 168 Å². The molecule has 7 heteroatoms. The van der Waals surface area contributed by atoms with Gasteiger partial charge in [0.1, 0.15) is 0 Å². The number of para-hydroxylation sites is 2. The van der Waals surface area contributed by atoms with Crippen LogP contribution in [-0.4, -0.2) is 47.5 Å². The molecule has 0 bridgehead atoms. The zero-order chi connectivity index (χ0) is 19.3. The van der Waals surface area contributed by atoms with Crippen LogP contribution >= 0.6 is 11.8 Å². The molecule has 28 heavy (non-hydrogen) atoms. The van der Waals surface area contributed by atoms with Crippen LogP contribution < -0.4 is 10.2 Å². The van der Waals surface area contributed by atoms with Crippen LogP contribution in [0, 0.1) is 0 Å². The van der Waals surface area contributed by atoms with Crippen molar-refractivity contribution in [2.24, 2.45) is 0 Å². The molecule has 1 aliphatic heterocycles. The highest BCUT2D eigenvalue weighted by Gasteiger charge is 2.13. The Morgan fingerprint density at radius 2 is 1.89 bits per heavy atom. The number of aryl methyl sites for hydroxylation is 1. The van der Waals surface area contributed by atoms with Crippen LogP contribution in [0.15, 0.2) is 53.7 Å². The summed E-state index contributed by atoms with van der Waals surface area (Å²) in [7, 11) is 0. The molecular formula is C21H24N4O2S. The van der Waals surface area contributed by atoms with Crippen molar-refractivity contribution >= 4 is 40.1 Å². The van der Waals surface area contributed by atoms with Gasteiger partial charge in [-0.15, -0.1) is 0 Å². The lowest BCUT2D eigenvalue weighted by molar-refractivity contribution is -0.113. The van der Waals surface area contributed by atoms with Crippen LogP contribution in [-0.2, 0) is 16.1 Å². The number of carbonyl (C=O) groups is 1. The number of aromatic nitrogens is 2. The van der Waals surface area contributed by atoms with Crippen molar-refractivity contribution in [3.63, 3.8) is 0 Å². The van der Waals surface area contributed by atoms with E-state index in [1.54, 1.807) is 0 Å². The van der Waals surface area contributed by atoms with Crippen LogP contribution in [0.4, 0.5) is 11.4 Å². The maximum Gasteiger partial charge on any atom is 0.234 e. The standard InChI is InChI=1S/C21H24N4O2S/c1-2-25-19-6-4-3-5-18(19)23-21(25)28-15-20(26)22-16-7-9-17(10-8-16)24-11-13-27-14-12-24/h3-10H,2,11-15H2,1H3,(H,22,26). The molecule has 1 N–H and O–H groups in total. The monoisotopic (exact) mass is 396 g/mol. The van der Waals surface area contributed by atoms with E-state index < -0.39 is 0 Å². The maximum atomic E-state index is 12.4. The van der Waals surface area contributed by atoms with Gasteiger partial charge in [-0.1, -0.05) is 23.9 Å². The van der Waals surface area contributed by atoms with Gasteiger partial charge in [0.25, 0.3) is 0 Å². The Morgan fingerprint density at radius 1 is 1.14 bits per heavy atom. The van der Waals surface area contributed by atoms with E-state index in [4.69, 9.17) is 4.74 Å². The van der Waals surface area contributed by atoms with E-state index in [1.807, 2.05) is 42.5 Å². The summed E-state index contributed by atoms with van der Waals surface area (Å²) >= 11 is 1.47. The molecule has 2 aromatic carbocycles. The molecule has 0 radical (unpaired) electrons. The molecule has 1 fully saturated rings. The van der Waals surface area contributed by atoms with E-state index in [-0.39, 0.29) is 5.91 Å². The molecule has 0 spiro atoms. The molecular weight excluding hydrogens is 372 g/mol. The van der Waals surface area contributed by atoms with Gasteiger partial charge in [0.15, 0.2) is 5.16 Å². The maximum absolute atomic E-state index is 12.4. The summed E-state index contributed by atoms with van der Waals surface area (Å²) in [5, 5.41) is 3.85. The first-order valence-electron chi connectivity index (χ1n) is 9.55. The van der Waals surface area contributed by atoms with Gasteiger partial charge in [-0.05, 0) is 43.3 Å². The Balaban J connectivity index is 1.36. The van der Waals surface area contributed by atoms with Crippen molar-refractivity contribution in [3.05, 3.63) is 48.5 Å². The first-order chi connectivity index (χ1) is 13.7. The molecule has 0 saturated carbocycles. The summed E-state index contributed by atoms with van der Waals surface area (Å²) in [6.07, 6.45) is 0. The first-order valence-corrected chi connectivity index (χ1v) is 10.5. The summed E-state index contributed by atoms with van der Waals surface area (Å²) in [6, 6.07) is 16.1. The largest absolute Gasteiger partial charge is 0.378 e. The minimum Gasteiger partial charge on any atom is -0.378 e. The van der Waals surface area contributed by atoms with Gasteiger partial charge in [0, 0.05) is 31.0 Å². The van der Waals surface area contributed by atoms with E-state index in [0.29, 0.717) is 5.75 Å². The average Bonchev–Trinajstić information content (AvgIpc) is 3.11. The number of hydrogen-bond donors (Lipinski definition) is 1. The van der Waals surface area contributed by atoms with Gasteiger partial charge in [0.2, 0.25) is 5.91 Å². The number of fused-ring (bicyclic) bond motifs is 1. The van der Waals surface area contributed by atoms with Gasteiger partial charge >= 0.3 is 0 Å². The molecule has 146 valence electrons. The van der Waals surface area contributed by atoms with E-state index in [1.165, 1.54) is 11.8 Å². The number of thioether (sulfide) groups is 1. The number of morpholine rings is 1. The molecule has 4 rings (SSSR count). The lowest BCUT2D eigenvalue weighted by Gasteiger charge is -2.28. The highest BCUT2D eigenvalue weighted by Crippen LogP contribution is 2.24. The third kappa shape index (κ3) is 4.15. The molecule has 0 unspecified atom stereocenters. The molecule has 1 amide bonds. The van der Waals surface area contributed by atoms with E-state index in [9.17, 15) is 4.79 Å². The minimum absolute atomic E-state index is 0.0289. The highest BCUT2D eigenvalue weighted by atomic mass is 32.2. The molecule has 6 nitrogen and oxygen atoms in total. The van der Waals surface area contributed by atoms with Crippen molar-refractivity contribution in [1.82, 2.24) is 9.55 Å². The van der Waals surface area contributed by atoms with Gasteiger partial charge in [-0.2, -0.15) is 0 Å². The molecule has 1 aromatic heterocycles. The molecule has 1 aliphatic rings. The number of imidazole rings is 1. The summed E-state index contributed by atoms with van der Waals surface area (Å²) in [5.41, 5.74) is 4.04. The zero-order valence-corrected chi connectivity index (χ0v) is 16.7. The van der Waals surface area contributed by atoms with Crippen molar-refractivity contribution in [3.8, 4) is 0 Å². The Bertz CT molecular complexity index is 949. The van der Waals surface area contributed by atoms with Crippen molar-refractivity contribution in [1.29, 1.82) is 0 Å². The number of anilines is 2. The fourth-order valence-electron chi connectivity index (χ4n) is 3.37. The third-order valence-electron chi connectivity index (χ3n) is 4.80. The number of hydrogen-bond acceptors (Lipinski definition) is 5. The number of ether oxygens (including phenoxy) is 1. The summed E-state index contributed by atoms with van der Waals surface area (Å²) < 4.78 is 7.53. The number of carbonyl (C=O) groups excluding carboxylic acids is 1. The Kier molecular flexibility index (Phi) is 5.83. The highest BCUT2D eigenvalue weighted by molar-refractivity contribution is 7.99. The molecule has 1 saturated heterocycles. The average molecular weight is 397 g/mol. The summed E-state index contributed by atoms with van der Waals surface area (Å²) in [6.45, 7) is 6.25. The van der Waals surface area contributed by atoms with Crippen LogP contribution in [0.25, 0.3) is 11.0 Å². The van der Waals surface area contributed by atoms with Gasteiger partial charge < -0.3 is 19.5 Å². The Morgan fingerprint density at radius 3 is 2.64 bits per heavy atom. The fraction of sp³-hybridized carbons (Fsp3) is 0.333. The number of amides is 1. The van der Waals surface area contributed by atoms with E-state index in [2.05, 4.69) is 32.8 Å². The second-order valence-electron chi connectivity index (χ2n) is 6.61. The molecule has 0 aliphatic carbocycles. The second-order valence-corrected chi connectivity index (χ2v) is 7.55. The smallest absolute Gasteiger partial charge is 0.234 e. The van der Waals surface area contributed by atoms with Crippen LogP contribution in [0.2, 0.25) is 0 Å². The normalized spacial score (nSPS) is 14.4. The lowest BCUT2D eigenvalue weighted by Crippen LogP contribution is -2.36. The molecule has 0 atom stereocenters. The quantitative estimate of drug-likeness (QED) is 0.645. The van der Waals surface area contributed by atoms with Crippen LogP contribution in [0.1, 0.15) is 6.92 Å². The van der Waals surface area contributed by atoms with Gasteiger partial charge in [-0.3, -0.25) is 4.79 Å². The number of nitrogens with one attached hydrogen (secondary N) is 1. The van der Waals surface area contributed by atoms with E-state index >= 15 is 0 Å².